The molecule has 2 atom stereocenters. The average Bonchev–Trinajstić information content (AvgIpc) is 2.74. The van der Waals surface area contributed by atoms with Crippen LogP contribution in [0.4, 0.5) is 4.39 Å². The zero-order valence-corrected chi connectivity index (χ0v) is 12.2. The van der Waals surface area contributed by atoms with Crippen LogP contribution in [0.5, 0.6) is 0 Å². The molecule has 0 spiro atoms. The van der Waals surface area contributed by atoms with Crippen LogP contribution in [0.25, 0.3) is 0 Å². The maximum Gasteiger partial charge on any atom is 0.241 e. The van der Waals surface area contributed by atoms with Gasteiger partial charge in [0, 0.05) is 6.54 Å². The van der Waals surface area contributed by atoms with Gasteiger partial charge in [0.2, 0.25) is 5.91 Å². The van der Waals surface area contributed by atoms with E-state index >= 15 is 0 Å². The molecule has 1 aromatic rings. The molecule has 1 aromatic carbocycles. The van der Waals surface area contributed by atoms with Gasteiger partial charge in [-0.2, -0.15) is 0 Å². The molecule has 3 nitrogen and oxygen atoms in total. The molecule has 0 aromatic heterocycles. The van der Waals surface area contributed by atoms with Crippen molar-refractivity contribution in [3.8, 4) is 0 Å². The molecule has 1 aliphatic rings. The van der Waals surface area contributed by atoms with Gasteiger partial charge in [-0.25, -0.2) is 4.39 Å². The first-order valence-corrected chi connectivity index (χ1v) is 7.49. The normalized spacial score (nSPS) is 22.6. The quantitative estimate of drug-likeness (QED) is 0.866. The first-order chi connectivity index (χ1) is 9.67. The Morgan fingerprint density at radius 3 is 2.75 bits per heavy atom. The number of hydrogen-bond donors (Lipinski definition) is 1. The van der Waals surface area contributed by atoms with Gasteiger partial charge in [-0.1, -0.05) is 38.8 Å². The molecule has 1 fully saturated rings. The van der Waals surface area contributed by atoms with Crippen LogP contribution in [0.3, 0.4) is 0 Å². The molecule has 4 heteroatoms. The number of hydrogen-bond acceptors (Lipinski definition) is 2. The van der Waals surface area contributed by atoms with Gasteiger partial charge in [0.05, 0.1) is 6.04 Å². The zero-order valence-electron chi connectivity index (χ0n) is 12.2. The van der Waals surface area contributed by atoms with Crippen molar-refractivity contribution in [2.45, 2.75) is 51.7 Å². The van der Waals surface area contributed by atoms with Crippen molar-refractivity contribution in [3.63, 3.8) is 0 Å². The van der Waals surface area contributed by atoms with E-state index in [1.54, 1.807) is 6.07 Å². The Morgan fingerprint density at radius 2 is 2.10 bits per heavy atom. The predicted molar refractivity (Wildman–Crippen MR) is 77.6 cm³/mol. The second kappa shape index (κ2) is 6.84. The van der Waals surface area contributed by atoms with Crippen molar-refractivity contribution in [2.24, 2.45) is 0 Å². The standard InChI is InChI=1S/C16H23FN2O/c1-3-5-10-19-15(12-8-6-9-13(17)11-12)18-14(7-4-2)16(19)20/h6,8-9,11,14-15,18H,3-5,7,10H2,1-2H3. The molecule has 0 saturated carbocycles. The lowest BCUT2D eigenvalue weighted by Crippen LogP contribution is -2.32. The smallest absolute Gasteiger partial charge is 0.241 e. The van der Waals surface area contributed by atoms with E-state index in [-0.39, 0.29) is 23.9 Å². The number of carbonyl (C=O) groups excluding carboxylic acids is 1. The number of nitrogens with zero attached hydrogens (tertiary/aromatic N) is 1. The van der Waals surface area contributed by atoms with Crippen LogP contribution < -0.4 is 5.32 Å². The minimum absolute atomic E-state index is 0.134. The van der Waals surface area contributed by atoms with Crippen LogP contribution in [-0.2, 0) is 4.79 Å². The van der Waals surface area contributed by atoms with E-state index in [1.165, 1.54) is 12.1 Å². The van der Waals surface area contributed by atoms with Crippen molar-refractivity contribution in [1.82, 2.24) is 10.2 Å². The van der Waals surface area contributed by atoms with Gasteiger partial charge in [0.1, 0.15) is 12.0 Å². The number of amides is 1. The van der Waals surface area contributed by atoms with Gasteiger partial charge >= 0.3 is 0 Å². The van der Waals surface area contributed by atoms with Crippen LogP contribution >= 0.6 is 0 Å². The molecule has 1 amide bonds. The van der Waals surface area contributed by atoms with Crippen molar-refractivity contribution < 1.29 is 9.18 Å². The highest BCUT2D eigenvalue weighted by Gasteiger charge is 2.38. The zero-order chi connectivity index (χ0) is 14.5. The fraction of sp³-hybridized carbons (Fsp3) is 0.562. The van der Waals surface area contributed by atoms with Crippen LogP contribution in [-0.4, -0.2) is 23.4 Å². The third-order valence-electron chi connectivity index (χ3n) is 3.75. The molecular formula is C16H23FN2O. The minimum atomic E-state index is -0.258. The fourth-order valence-corrected chi connectivity index (χ4v) is 2.70. The van der Waals surface area contributed by atoms with Crippen molar-refractivity contribution in [1.29, 1.82) is 0 Å². The Labute approximate surface area is 120 Å². The summed E-state index contributed by atoms with van der Waals surface area (Å²) in [6.45, 7) is 4.90. The summed E-state index contributed by atoms with van der Waals surface area (Å²) in [6.07, 6.45) is 3.60. The number of halogens is 1. The van der Waals surface area contributed by atoms with Crippen molar-refractivity contribution in [3.05, 3.63) is 35.6 Å². The molecular weight excluding hydrogens is 255 g/mol. The summed E-state index contributed by atoms with van der Waals surface area (Å²) >= 11 is 0. The van der Waals surface area contributed by atoms with E-state index in [0.717, 1.165) is 37.8 Å². The predicted octanol–water partition coefficient (Wildman–Crippen LogP) is 3.22. The highest BCUT2D eigenvalue weighted by Crippen LogP contribution is 2.27. The Morgan fingerprint density at radius 1 is 1.30 bits per heavy atom. The first-order valence-electron chi connectivity index (χ1n) is 7.49. The molecule has 20 heavy (non-hydrogen) atoms. The van der Waals surface area contributed by atoms with Gasteiger partial charge < -0.3 is 4.90 Å². The van der Waals surface area contributed by atoms with Gasteiger partial charge in [0.15, 0.2) is 0 Å². The van der Waals surface area contributed by atoms with E-state index in [0.29, 0.717) is 0 Å². The van der Waals surface area contributed by atoms with Crippen LogP contribution in [0, 0.1) is 5.82 Å². The van der Waals surface area contributed by atoms with Gasteiger partial charge in [-0.3, -0.25) is 10.1 Å². The lowest BCUT2D eigenvalue weighted by atomic mass is 10.1. The summed E-state index contributed by atoms with van der Waals surface area (Å²) in [5.41, 5.74) is 0.827. The van der Waals surface area contributed by atoms with Crippen LogP contribution in [0.1, 0.15) is 51.3 Å². The molecule has 0 bridgehead atoms. The van der Waals surface area contributed by atoms with E-state index in [1.807, 2.05) is 11.0 Å². The van der Waals surface area contributed by atoms with E-state index in [2.05, 4.69) is 19.2 Å². The Hall–Kier alpha value is -1.42. The van der Waals surface area contributed by atoms with E-state index in [4.69, 9.17) is 0 Å². The second-order valence-electron chi connectivity index (χ2n) is 5.35. The van der Waals surface area contributed by atoms with Crippen LogP contribution in [0.2, 0.25) is 0 Å². The molecule has 1 aliphatic heterocycles. The Bertz CT molecular complexity index is 464. The first kappa shape index (κ1) is 15.0. The molecule has 1 saturated heterocycles. The number of carbonyl (C=O) groups is 1. The van der Waals surface area contributed by atoms with E-state index < -0.39 is 0 Å². The second-order valence-corrected chi connectivity index (χ2v) is 5.35. The topological polar surface area (TPSA) is 32.3 Å². The number of unbranched alkanes of at least 4 members (excludes halogenated alkanes) is 1. The molecule has 2 rings (SSSR count). The van der Waals surface area contributed by atoms with Gasteiger partial charge in [-0.15, -0.1) is 0 Å². The third-order valence-corrected chi connectivity index (χ3v) is 3.75. The molecule has 0 aliphatic carbocycles. The van der Waals surface area contributed by atoms with Crippen LogP contribution in [0.15, 0.2) is 24.3 Å². The molecule has 110 valence electrons. The number of nitrogens with one attached hydrogen (secondary N) is 1. The van der Waals surface area contributed by atoms with Gasteiger partial charge in [0.25, 0.3) is 0 Å². The number of rotatable bonds is 6. The highest BCUT2D eigenvalue weighted by molar-refractivity contribution is 5.84. The summed E-state index contributed by atoms with van der Waals surface area (Å²) in [4.78, 5) is 14.3. The average molecular weight is 278 g/mol. The maximum atomic E-state index is 13.4. The lowest BCUT2D eigenvalue weighted by molar-refractivity contribution is -0.130. The number of benzene rings is 1. The summed E-state index contributed by atoms with van der Waals surface area (Å²) in [6, 6.07) is 6.38. The summed E-state index contributed by atoms with van der Waals surface area (Å²) in [5.74, 6) is -0.110. The summed E-state index contributed by atoms with van der Waals surface area (Å²) in [7, 11) is 0. The molecule has 2 unspecified atom stereocenters. The molecule has 1 N–H and O–H groups in total. The minimum Gasteiger partial charge on any atom is -0.322 e. The maximum absolute atomic E-state index is 13.4. The van der Waals surface area contributed by atoms with Gasteiger partial charge in [-0.05, 0) is 30.5 Å². The lowest BCUT2D eigenvalue weighted by Gasteiger charge is -2.24. The summed E-state index contributed by atoms with van der Waals surface area (Å²) in [5, 5.41) is 3.35. The Kier molecular flexibility index (Phi) is 5.12. The monoisotopic (exact) mass is 278 g/mol. The van der Waals surface area contributed by atoms with Crippen molar-refractivity contribution >= 4 is 5.91 Å². The summed E-state index contributed by atoms with van der Waals surface area (Å²) < 4.78 is 13.4. The fourth-order valence-electron chi connectivity index (χ4n) is 2.70. The molecule has 0 radical (unpaired) electrons. The third kappa shape index (κ3) is 3.18. The van der Waals surface area contributed by atoms with Crippen molar-refractivity contribution in [2.75, 3.05) is 6.54 Å². The highest BCUT2D eigenvalue weighted by atomic mass is 19.1. The molecule has 1 heterocycles. The van der Waals surface area contributed by atoms with E-state index in [9.17, 15) is 9.18 Å². The largest absolute Gasteiger partial charge is 0.322 e. The Balaban J connectivity index is 2.21. The SMILES string of the molecule is CCCCN1C(=O)C(CCC)NC1c1cccc(F)c1.